The van der Waals surface area contributed by atoms with Gasteiger partial charge in [-0.3, -0.25) is 4.99 Å². The van der Waals surface area contributed by atoms with Gasteiger partial charge in [0.25, 0.3) is 0 Å². The normalized spacial score (nSPS) is 11.8. The lowest BCUT2D eigenvalue weighted by Gasteiger charge is -2.21. The van der Waals surface area contributed by atoms with Crippen LogP contribution in [0, 0.1) is 5.41 Å². The van der Waals surface area contributed by atoms with Gasteiger partial charge in [-0.05, 0) is 11.8 Å². The summed E-state index contributed by atoms with van der Waals surface area (Å²) in [5.41, 5.74) is 5.78. The Morgan fingerprint density at radius 2 is 2.19 bits per heavy atom. The van der Waals surface area contributed by atoms with Crippen molar-refractivity contribution in [3.63, 3.8) is 0 Å². The molecule has 0 atom stereocenters. The van der Waals surface area contributed by atoms with Gasteiger partial charge in [-0.1, -0.05) is 19.9 Å². The summed E-state index contributed by atoms with van der Waals surface area (Å²) in [6.07, 6.45) is 2.72. The number of guanidine groups is 1. The molecule has 96 valence electrons. The smallest absolute Gasteiger partial charge is 0.188 e. The third-order valence-electron chi connectivity index (χ3n) is 2.09. The first-order valence-electron chi connectivity index (χ1n) is 5.15. The lowest BCUT2D eigenvalue weighted by molar-refractivity contribution is 0.155. The molecule has 16 heavy (non-hydrogen) atoms. The highest BCUT2D eigenvalue weighted by Crippen LogP contribution is 2.20. The highest BCUT2D eigenvalue weighted by Gasteiger charge is 2.16. The van der Waals surface area contributed by atoms with Crippen molar-refractivity contribution in [2.75, 3.05) is 26.8 Å². The van der Waals surface area contributed by atoms with Crippen LogP contribution in [0.5, 0.6) is 0 Å². The number of aliphatic imine (C=N–C) groups is 1. The number of nitrogens with zero attached hydrogens (tertiary/aromatic N) is 1. The second kappa shape index (κ2) is 9.89. The molecule has 4 nitrogen and oxygen atoms in total. The first-order chi connectivity index (χ1) is 7.02. The van der Waals surface area contributed by atoms with Crippen molar-refractivity contribution in [3.05, 3.63) is 12.7 Å². The van der Waals surface area contributed by atoms with Crippen molar-refractivity contribution in [1.82, 2.24) is 5.32 Å². The standard InChI is InChI=1S/C11H23N3O.HI/c1-5-7-13-10(12)14-9-11(2,3)6-8-15-4;/h5H,1,6-9H2,2-4H3,(H3,12,13,14);1H. The fraction of sp³-hybridized carbons (Fsp3) is 0.727. The summed E-state index contributed by atoms with van der Waals surface area (Å²) in [6.45, 7) is 9.99. The molecule has 0 saturated carbocycles. The van der Waals surface area contributed by atoms with Gasteiger partial charge in [0.1, 0.15) is 0 Å². The highest BCUT2D eigenvalue weighted by molar-refractivity contribution is 14.0. The molecule has 0 aliphatic rings. The zero-order valence-electron chi connectivity index (χ0n) is 10.5. The van der Waals surface area contributed by atoms with Crippen LogP contribution < -0.4 is 11.1 Å². The van der Waals surface area contributed by atoms with Gasteiger partial charge in [0.2, 0.25) is 0 Å². The van der Waals surface area contributed by atoms with Crippen molar-refractivity contribution in [2.45, 2.75) is 20.3 Å². The van der Waals surface area contributed by atoms with Gasteiger partial charge >= 0.3 is 0 Å². The monoisotopic (exact) mass is 341 g/mol. The van der Waals surface area contributed by atoms with Crippen molar-refractivity contribution >= 4 is 29.9 Å². The van der Waals surface area contributed by atoms with Crippen LogP contribution in [0.4, 0.5) is 0 Å². The van der Waals surface area contributed by atoms with Gasteiger partial charge in [0.15, 0.2) is 5.96 Å². The van der Waals surface area contributed by atoms with E-state index in [9.17, 15) is 0 Å². The maximum absolute atomic E-state index is 5.66. The van der Waals surface area contributed by atoms with Crippen LogP contribution in [0.25, 0.3) is 0 Å². The maximum atomic E-state index is 5.66. The van der Waals surface area contributed by atoms with E-state index in [0.29, 0.717) is 19.0 Å². The molecule has 0 aromatic carbocycles. The van der Waals surface area contributed by atoms with E-state index in [0.717, 1.165) is 13.0 Å². The third-order valence-corrected chi connectivity index (χ3v) is 2.09. The molecule has 0 aromatic heterocycles. The van der Waals surface area contributed by atoms with Crippen LogP contribution in [-0.4, -0.2) is 32.8 Å². The number of hydrogen-bond donors (Lipinski definition) is 2. The van der Waals surface area contributed by atoms with Gasteiger partial charge in [-0.15, -0.1) is 30.6 Å². The fourth-order valence-electron chi connectivity index (χ4n) is 0.989. The summed E-state index contributed by atoms with van der Waals surface area (Å²) in [5, 5.41) is 2.94. The van der Waals surface area contributed by atoms with Crippen LogP contribution in [0.2, 0.25) is 0 Å². The second-order valence-corrected chi connectivity index (χ2v) is 4.28. The molecule has 0 amide bonds. The number of halogens is 1. The molecule has 0 saturated heterocycles. The van der Waals surface area contributed by atoms with Crippen LogP contribution in [-0.2, 0) is 4.74 Å². The lowest BCUT2D eigenvalue weighted by atomic mass is 9.90. The Morgan fingerprint density at radius 1 is 1.56 bits per heavy atom. The van der Waals surface area contributed by atoms with Crippen LogP contribution in [0.1, 0.15) is 20.3 Å². The molecule has 0 rings (SSSR count). The number of hydrogen-bond acceptors (Lipinski definition) is 2. The first-order valence-corrected chi connectivity index (χ1v) is 5.15. The minimum atomic E-state index is 0. The molecule has 0 heterocycles. The summed E-state index contributed by atoms with van der Waals surface area (Å²) >= 11 is 0. The van der Waals surface area contributed by atoms with E-state index in [1.54, 1.807) is 13.2 Å². The van der Waals surface area contributed by atoms with E-state index < -0.39 is 0 Å². The number of ether oxygens (including phenoxy) is 1. The Kier molecular flexibility index (Phi) is 11.2. The Morgan fingerprint density at radius 3 is 2.69 bits per heavy atom. The summed E-state index contributed by atoms with van der Waals surface area (Å²) in [6, 6.07) is 0. The second-order valence-electron chi connectivity index (χ2n) is 4.28. The average Bonchev–Trinajstić information content (AvgIpc) is 2.21. The van der Waals surface area contributed by atoms with E-state index in [2.05, 4.69) is 30.7 Å². The summed E-state index contributed by atoms with van der Waals surface area (Å²) in [7, 11) is 1.71. The van der Waals surface area contributed by atoms with E-state index in [4.69, 9.17) is 10.5 Å². The lowest BCUT2D eigenvalue weighted by Crippen LogP contribution is -2.33. The van der Waals surface area contributed by atoms with Crippen molar-refractivity contribution < 1.29 is 4.74 Å². The molecule has 0 fully saturated rings. The van der Waals surface area contributed by atoms with Gasteiger partial charge in [-0.2, -0.15) is 0 Å². The molecule has 5 heteroatoms. The Bertz CT molecular complexity index is 217. The molecular formula is C11H24IN3O. The number of rotatable bonds is 7. The molecule has 0 aliphatic heterocycles. The molecule has 0 aromatic rings. The average molecular weight is 341 g/mol. The zero-order valence-corrected chi connectivity index (χ0v) is 12.8. The summed E-state index contributed by atoms with van der Waals surface area (Å²) in [4.78, 5) is 4.27. The van der Waals surface area contributed by atoms with Gasteiger partial charge in [0.05, 0.1) is 0 Å². The molecule has 0 aliphatic carbocycles. The third kappa shape index (κ3) is 10.2. The largest absolute Gasteiger partial charge is 0.385 e. The molecule has 0 bridgehead atoms. The van der Waals surface area contributed by atoms with Crippen molar-refractivity contribution in [3.8, 4) is 0 Å². The molecule has 0 radical (unpaired) electrons. The predicted molar refractivity (Wildman–Crippen MR) is 80.4 cm³/mol. The number of nitrogens with one attached hydrogen (secondary N) is 1. The first kappa shape index (κ1) is 18.1. The van der Waals surface area contributed by atoms with E-state index >= 15 is 0 Å². The fourth-order valence-corrected chi connectivity index (χ4v) is 0.989. The maximum Gasteiger partial charge on any atom is 0.188 e. The molecule has 0 unspecified atom stereocenters. The van der Waals surface area contributed by atoms with Crippen molar-refractivity contribution in [1.29, 1.82) is 0 Å². The molecule has 3 N–H and O–H groups in total. The van der Waals surface area contributed by atoms with E-state index in [-0.39, 0.29) is 29.4 Å². The zero-order chi connectivity index (χ0) is 11.7. The van der Waals surface area contributed by atoms with Crippen LogP contribution in [0.3, 0.4) is 0 Å². The highest BCUT2D eigenvalue weighted by atomic mass is 127. The molecular weight excluding hydrogens is 317 g/mol. The topological polar surface area (TPSA) is 59.6 Å². The Hall–Kier alpha value is -0.300. The Labute approximate surface area is 116 Å². The van der Waals surface area contributed by atoms with Gasteiger partial charge < -0.3 is 15.8 Å². The minimum absolute atomic E-state index is 0. The number of methoxy groups -OCH3 is 1. The van der Waals surface area contributed by atoms with Crippen molar-refractivity contribution in [2.24, 2.45) is 16.1 Å². The van der Waals surface area contributed by atoms with Gasteiger partial charge in [-0.25, -0.2) is 0 Å². The number of nitrogens with two attached hydrogens (primary N) is 1. The SMILES string of the molecule is C=CCNC(N)=NCC(C)(C)CCOC.I. The van der Waals surface area contributed by atoms with Gasteiger partial charge in [0, 0.05) is 26.8 Å². The van der Waals surface area contributed by atoms with Crippen LogP contribution >= 0.6 is 24.0 Å². The predicted octanol–water partition coefficient (Wildman–Crippen LogP) is 1.76. The van der Waals surface area contributed by atoms with E-state index in [1.807, 2.05) is 0 Å². The molecule has 0 spiro atoms. The minimum Gasteiger partial charge on any atom is -0.385 e. The van der Waals surface area contributed by atoms with E-state index in [1.165, 1.54) is 0 Å². The quantitative estimate of drug-likeness (QED) is 0.321. The Balaban J connectivity index is 0. The summed E-state index contributed by atoms with van der Waals surface area (Å²) in [5.74, 6) is 0.473. The van der Waals surface area contributed by atoms with Crippen LogP contribution in [0.15, 0.2) is 17.6 Å². The summed E-state index contributed by atoms with van der Waals surface area (Å²) < 4.78 is 5.04.